The number of nitrogens with one attached hydrogen (secondary N) is 1. The summed E-state index contributed by atoms with van der Waals surface area (Å²) in [5.41, 5.74) is 2.57. The van der Waals surface area contributed by atoms with Gasteiger partial charge in [-0.1, -0.05) is 6.92 Å². The maximum atomic E-state index is 12.6. The van der Waals surface area contributed by atoms with Crippen molar-refractivity contribution in [3.63, 3.8) is 0 Å². The summed E-state index contributed by atoms with van der Waals surface area (Å²) >= 11 is 0. The van der Waals surface area contributed by atoms with Crippen LogP contribution in [0, 0.1) is 5.92 Å². The van der Waals surface area contributed by atoms with Gasteiger partial charge in [0.1, 0.15) is 17.3 Å². The normalized spacial score (nSPS) is 16.8. The Bertz CT molecular complexity index is 983. The van der Waals surface area contributed by atoms with Crippen molar-refractivity contribution < 1.29 is 9.53 Å². The van der Waals surface area contributed by atoms with E-state index in [1.807, 2.05) is 39.8 Å². The second-order valence-corrected chi connectivity index (χ2v) is 7.61. The summed E-state index contributed by atoms with van der Waals surface area (Å²) in [6, 6.07) is 7.81. The number of nitrogens with zero attached hydrogens (tertiary/aromatic N) is 4. The number of hydrogen-bond acceptors (Lipinski definition) is 5. The van der Waals surface area contributed by atoms with Gasteiger partial charge in [0.15, 0.2) is 5.65 Å². The highest BCUT2D eigenvalue weighted by Crippen LogP contribution is 2.29. The first-order chi connectivity index (χ1) is 14.2. The van der Waals surface area contributed by atoms with Crippen LogP contribution in [0.25, 0.3) is 16.9 Å². The topological polar surface area (TPSA) is 71.8 Å². The number of ether oxygens (including phenoxy) is 1. The van der Waals surface area contributed by atoms with Crippen molar-refractivity contribution in [3.05, 3.63) is 42.9 Å². The second kappa shape index (κ2) is 8.51. The molecule has 7 heteroatoms. The van der Waals surface area contributed by atoms with E-state index >= 15 is 0 Å². The van der Waals surface area contributed by atoms with E-state index < -0.39 is 0 Å². The quantitative estimate of drug-likeness (QED) is 0.694. The molecule has 1 fully saturated rings. The van der Waals surface area contributed by atoms with Crippen LogP contribution < -0.4 is 10.1 Å². The van der Waals surface area contributed by atoms with E-state index in [0.717, 1.165) is 48.0 Å². The Hall–Kier alpha value is -3.09. The minimum atomic E-state index is 0.213. The van der Waals surface area contributed by atoms with Crippen molar-refractivity contribution >= 4 is 17.4 Å². The first-order valence-corrected chi connectivity index (χ1v) is 10.1. The van der Waals surface area contributed by atoms with E-state index in [-0.39, 0.29) is 5.91 Å². The Labute approximate surface area is 170 Å². The number of piperidine rings is 1. The van der Waals surface area contributed by atoms with Crippen molar-refractivity contribution in [2.45, 2.75) is 26.2 Å². The lowest BCUT2D eigenvalue weighted by molar-refractivity contribution is -0.132. The number of benzene rings is 1. The number of hydrogen-bond donors (Lipinski definition) is 1. The Balaban J connectivity index is 1.52. The average Bonchev–Trinajstić information content (AvgIpc) is 3.12. The van der Waals surface area contributed by atoms with Crippen LogP contribution in [0.4, 0.5) is 5.82 Å². The molecule has 1 aromatic carbocycles. The Morgan fingerprint density at radius 2 is 2.14 bits per heavy atom. The van der Waals surface area contributed by atoms with Gasteiger partial charge in [-0.15, -0.1) is 0 Å². The summed E-state index contributed by atoms with van der Waals surface area (Å²) < 4.78 is 7.23. The van der Waals surface area contributed by atoms with Gasteiger partial charge in [-0.3, -0.25) is 14.2 Å². The van der Waals surface area contributed by atoms with Crippen molar-refractivity contribution in [1.82, 2.24) is 19.3 Å². The molecule has 152 valence electrons. The number of imidazole rings is 1. The molecule has 0 aliphatic carbocycles. The predicted molar refractivity (Wildman–Crippen MR) is 113 cm³/mol. The largest absolute Gasteiger partial charge is 0.497 e. The molecule has 7 nitrogen and oxygen atoms in total. The zero-order chi connectivity index (χ0) is 20.2. The van der Waals surface area contributed by atoms with Gasteiger partial charge in [-0.05, 0) is 43.0 Å². The highest BCUT2D eigenvalue weighted by Gasteiger charge is 2.21. The fourth-order valence-corrected chi connectivity index (χ4v) is 3.89. The predicted octanol–water partition coefficient (Wildman–Crippen LogP) is 3.47. The van der Waals surface area contributed by atoms with E-state index in [0.29, 0.717) is 18.9 Å². The summed E-state index contributed by atoms with van der Waals surface area (Å²) in [7, 11) is 1.65. The van der Waals surface area contributed by atoms with Crippen molar-refractivity contribution in [1.29, 1.82) is 0 Å². The molecule has 29 heavy (non-hydrogen) atoms. The van der Waals surface area contributed by atoms with Crippen LogP contribution in [0.15, 0.2) is 42.9 Å². The standard InChI is InChI=1S/C22H27N5O2/c1-16-4-3-12-26(15-16)20(28)9-10-24-22-21(17-5-7-18(29-2)8-6-17)25-19-14-23-11-13-27(19)22/h5-8,11,13-14,16,24H,3-4,9-10,12,15H2,1-2H3/t16-/m0/s1. The van der Waals surface area contributed by atoms with Gasteiger partial charge < -0.3 is 15.0 Å². The number of anilines is 1. The first-order valence-electron chi connectivity index (χ1n) is 10.1. The van der Waals surface area contributed by atoms with Crippen molar-refractivity contribution in [2.24, 2.45) is 5.92 Å². The summed E-state index contributed by atoms with van der Waals surface area (Å²) in [5, 5.41) is 3.44. The highest BCUT2D eigenvalue weighted by atomic mass is 16.5. The first kappa shape index (κ1) is 19.2. The van der Waals surface area contributed by atoms with Crippen LogP contribution in [-0.2, 0) is 4.79 Å². The molecule has 1 aliphatic rings. The number of carbonyl (C=O) groups is 1. The van der Waals surface area contributed by atoms with Crippen LogP contribution in [0.2, 0.25) is 0 Å². The number of aromatic nitrogens is 3. The maximum absolute atomic E-state index is 12.6. The van der Waals surface area contributed by atoms with Gasteiger partial charge in [0, 0.05) is 44.0 Å². The fourth-order valence-electron chi connectivity index (χ4n) is 3.89. The molecule has 1 atom stereocenters. The number of carbonyl (C=O) groups excluding carboxylic acids is 1. The van der Waals surface area contributed by atoms with Crippen LogP contribution in [0.3, 0.4) is 0 Å². The Kier molecular flexibility index (Phi) is 5.64. The van der Waals surface area contributed by atoms with E-state index in [9.17, 15) is 4.79 Å². The molecule has 0 unspecified atom stereocenters. The zero-order valence-electron chi connectivity index (χ0n) is 17.0. The van der Waals surface area contributed by atoms with Gasteiger partial charge in [0.05, 0.1) is 13.3 Å². The van der Waals surface area contributed by atoms with Gasteiger partial charge in [0.25, 0.3) is 0 Å². The van der Waals surface area contributed by atoms with Crippen LogP contribution >= 0.6 is 0 Å². The summed E-state index contributed by atoms with van der Waals surface area (Å²) in [5.74, 6) is 2.47. The van der Waals surface area contributed by atoms with Crippen molar-refractivity contribution in [3.8, 4) is 17.0 Å². The minimum absolute atomic E-state index is 0.213. The van der Waals surface area contributed by atoms with Gasteiger partial charge in [-0.25, -0.2) is 4.98 Å². The SMILES string of the molecule is COc1ccc(-c2nc3cnccn3c2NCCC(=O)N2CCC[C@H](C)C2)cc1. The summed E-state index contributed by atoms with van der Waals surface area (Å²) in [4.78, 5) is 23.5. The number of likely N-dealkylation sites (tertiary alicyclic amines) is 1. The third-order valence-electron chi connectivity index (χ3n) is 5.43. The summed E-state index contributed by atoms with van der Waals surface area (Å²) in [6.07, 6.45) is 8.13. The molecule has 3 heterocycles. The fraction of sp³-hybridized carbons (Fsp3) is 0.409. The van der Waals surface area contributed by atoms with E-state index in [1.165, 1.54) is 6.42 Å². The third-order valence-corrected chi connectivity index (χ3v) is 5.43. The zero-order valence-corrected chi connectivity index (χ0v) is 17.0. The molecule has 1 N–H and O–H groups in total. The monoisotopic (exact) mass is 393 g/mol. The second-order valence-electron chi connectivity index (χ2n) is 7.61. The Morgan fingerprint density at radius 3 is 2.90 bits per heavy atom. The summed E-state index contributed by atoms with van der Waals surface area (Å²) in [6.45, 7) is 4.52. The lowest BCUT2D eigenvalue weighted by Crippen LogP contribution is -2.39. The molecule has 0 bridgehead atoms. The highest BCUT2D eigenvalue weighted by molar-refractivity contribution is 5.79. The number of methoxy groups -OCH3 is 1. The molecule has 1 aliphatic heterocycles. The van der Waals surface area contributed by atoms with Crippen LogP contribution in [0.1, 0.15) is 26.2 Å². The maximum Gasteiger partial charge on any atom is 0.224 e. The molecule has 3 aromatic rings. The van der Waals surface area contributed by atoms with Gasteiger partial charge in [0.2, 0.25) is 5.91 Å². The van der Waals surface area contributed by atoms with Crippen LogP contribution in [0.5, 0.6) is 5.75 Å². The number of rotatable bonds is 6. The number of amides is 1. The lowest BCUT2D eigenvalue weighted by atomic mass is 10.00. The minimum Gasteiger partial charge on any atom is -0.497 e. The smallest absolute Gasteiger partial charge is 0.224 e. The van der Waals surface area contributed by atoms with Gasteiger partial charge >= 0.3 is 0 Å². The molecule has 0 saturated carbocycles. The van der Waals surface area contributed by atoms with E-state index in [4.69, 9.17) is 9.72 Å². The average molecular weight is 393 g/mol. The molecule has 1 amide bonds. The molecule has 1 saturated heterocycles. The van der Waals surface area contributed by atoms with Crippen LogP contribution in [-0.4, -0.2) is 51.9 Å². The molecule has 4 rings (SSSR count). The molecule has 0 radical (unpaired) electrons. The third kappa shape index (κ3) is 4.18. The lowest BCUT2D eigenvalue weighted by Gasteiger charge is -2.31. The molecule has 2 aromatic heterocycles. The van der Waals surface area contributed by atoms with Gasteiger partial charge in [-0.2, -0.15) is 0 Å². The Morgan fingerprint density at radius 1 is 1.31 bits per heavy atom. The molecular weight excluding hydrogens is 366 g/mol. The van der Waals surface area contributed by atoms with Crippen molar-refractivity contribution in [2.75, 3.05) is 32.1 Å². The molecular formula is C22H27N5O2. The number of fused-ring (bicyclic) bond motifs is 1. The van der Waals surface area contributed by atoms with E-state index in [1.54, 1.807) is 19.5 Å². The molecule has 0 spiro atoms. The van der Waals surface area contributed by atoms with E-state index in [2.05, 4.69) is 17.2 Å².